The summed E-state index contributed by atoms with van der Waals surface area (Å²) in [7, 11) is 1.84. The van der Waals surface area contributed by atoms with E-state index < -0.39 is 4.65 Å². The Hall–Kier alpha value is -2.50. The fourth-order valence-electron chi connectivity index (χ4n) is 3.75. The molecule has 2 aliphatic rings. The average molecular weight is 335 g/mol. The Bertz CT molecular complexity index is 915. The van der Waals surface area contributed by atoms with Crippen LogP contribution in [0.15, 0.2) is 36.7 Å². The van der Waals surface area contributed by atoms with Gasteiger partial charge in [0.15, 0.2) is 11.5 Å². The number of hydrogen-bond donors (Lipinski definition) is 1. The number of quaternary nitrogens is 1. The lowest BCUT2D eigenvalue weighted by atomic mass is 9.92. The predicted molar refractivity (Wildman–Crippen MR) is 100 cm³/mol. The third-order valence-corrected chi connectivity index (χ3v) is 5.21. The molecule has 0 saturated heterocycles. The van der Waals surface area contributed by atoms with Gasteiger partial charge in [-0.25, -0.2) is 4.98 Å². The third-order valence-electron chi connectivity index (χ3n) is 5.21. The van der Waals surface area contributed by atoms with E-state index in [1.807, 2.05) is 33.2 Å². The maximum absolute atomic E-state index is 13.5. The summed E-state index contributed by atoms with van der Waals surface area (Å²) in [6, 6.07) is 5.81. The van der Waals surface area contributed by atoms with Gasteiger partial charge >= 0.3 is 0 Å². The molecule has 128 valence electrons. The number of benzene rings is 1. The molecule has 2 aromatic rings. The molecule has 1 saturated carbocycles. The number of carbonyl (C=O) groups excluding carboxylic acids is 1. The first kappa shape index (κ1) is 16.0. The van der Waals surface area contributed by atoms with E-state index in [1.54, 1.807) is 6.07 Å². The van der Waals surface area contributed by atoms with Gasteiger partial charge in [0.2, 0.25) is 0 Å². The van der Waals surface area contributed by atoms with Gasteiger partial charge in [-0.2, -0.15) is 0 Å². The number of allylic oxidation sites excluding steroid dienone is 1. The van der Waals surface area contributed by atoms with Gasteiger partial charge in [-0.3, -0.25) is 9.44 Å². The summed E-state index contributed by atoms with van der Waals surface area (Å²) in [5.41, 5.74) is 4.96. The summed E-state index contributed by atoms with van der Waals surface area (Å²) in [4.78, 5) is 16.7. The largest absolute Gasteiger partial charge is 0.622 e. The van der Waals surface area contributed by atoms with Crippen LogP contribution in [0.1, 0.15) is 34.3 Å². The Kier molecular flexibility index (Phi) is 3.52. The van der Waals surface area contributed by atoms with Crippen LogP contribution >= 0.6 is 0 Å². The lowest BCUT2D eigenvalue weighted by Crippen LogP contribution is -2.43. The summed E-state index contributed by atoms with van der Waals surface area (Å²) in [5.74, 6) is 0.749. The van der Waals surface area contributed by atoms with E-state index in [9.17, 15) is 10.0 Å². The minimum atomic E-state index is -0.512. The fraction of sp³-hybridized carbons (Fsp3) is 0.300. The van der Waals surface area contributed by atoms with Gasteiger partial charge in [-0.15, -0.1) is 0 Å². The molecule has 0 radical (unpaired) electrons. The van der Waals surface area contributed by atoms with Gasteiger partial charge < -0.3 is 10.5 Å². The van der Waals surface area contributed by atoms with E-state index in [-0.39, 0.29) is 11.8 Å². The SMILES string of the molecule is CNc1ncc(-c2ccc3c(c2C)[N+]([O-])(C2CC2)C=CC3=O)cc1C. The Balaban J connectivity index is 1.91. The minimum Gasteiger partial charge on any atom is -0.622 e. The molecule has 5 heteroatoms. The zero-order valence-electron chi connectivity index (χ0n) is 14.7. The molecule has 1 aromatic heterocycles. The van der Waals surface area contributed by atoms with Crippen molar-refractivity contribution in [3.63, 3.8) is 0 Å². The van der Waals surface area contributed by atoms with E-state index in [4.69, 9.17) is 0 Å². The molecule has 4 rings (SSSR count). The zero-order valence-corrected chi connectivity index (χ0v) is 14.7. The van der Waals surface area contributed by atoms with E-state index in [0.29, 0.717) is 11.3 Å². The van der Waals surface area contributed by atoms with Crippen molar-refractivity contribution in [1.29, 1.82) is 0 Å². The maximum atomic E-state index is 13.5. The highest BCUT2D eigenvalue weighted by atomic mass is 16.5. The Morgan fingerprint density at radius 1 is 1.24 bits per heavy atom. The number of carbonyl (C=O) groups is 1. The summed E-state index contributed by atoms with van der Waals surface area (Å²) in [6.45, 7) is 3.94. The molecule has 1 atom stereocenters. The number of fused-ring (bicyclic) bond motifs is 1. The maximum Gasteiger partial charge on any atom is 0.197 e. The highest BCUT2D eigenvalue weighted by molar-refractivity contribution is 6.11. The van der Waals surface area contributed by atoms with Crippen LogP contribution in [-0.2, 0) is 0 Å². The quantitative estimate of drug-likeness (QED) is 0.678. The first-order valence-electron chi connectivity index (χ1n) is 8.57. The van der Waals surface area contributed by atoms with Crippen LogP contribution in [0.4, 0.5) is 11.5 Å². The summed E-state index contributed by atoms with van der Waals surface area (Å²) < 4.78 is -0.512. The normalized spacial score (nSPS) is 22.0. The van der Waals surface area contributed by atoms with Gasteiger partial charge in [0.05, 0.1) is 11.6 Å². The molecule has 1 N–H and O–H groups in total. The number of pyridine rings is 1. The van der Waals surface area contributed by atoms with Crippen LogP contribution in [0, 0.1) is 19.1 Å². The number of nitrogens with zero attached hydrogens (tertiary/aromatic N) is 2. The molecule has 1 aliphatic carbocycles. The first-order valence-corrected chi connectivity index (χ1v) is 8.57. The minimum absolute atomic E-state index is 0.0311. The van der Waals surface area contributed by atoms with Crippen molar-refractivity contribution in [2.45, 2.75) is 32.7 Å². The molecule has 1 fully saturated rings. The number of aromatic nitrogens is 1. The number of aryl methyl sites for hydroxylation is 1. The predicted octanol–water partition coefficient (Wildman–Crippen LogP) is 4.08. The molecule has 0 amide bonds. The average Bonchev–Trinajstić information content (AvgIpc) is 3.44. The van der Waals surface area contributed by atoms with Crippen LogP contribution < -0.4 is 9.96 Å². The van der Waals surface area contributed by atoms with Crippen LogP contribution in [0.25, 0.3) is 11.1 Å². The lowest BCUT2D eigenvalue weighted by molar-refractivity contribution is 0.104. The fourth-order valence-corrected chi connectivity index (χ4v) is 3.75. The highest BCUT2D eigenvalue weighted by Crippen LogP contribution is 2.46. The molecular formula is C20H21N3O2. The van der Waals surface area contributed by atoms with Crippen molar-refractivity contribution >= 4 is 17.3 Å². The number of ketones is 1. The second kappa shape index (κ2) is 5.51. The monoisotopic (exact) mass is 335 g/mol. The second-order valence-electron chi connectivity index (χ2n) is 6.89. The van der Waals surface area contributed by atoms with Crippen LogP contribution in [0.5, 0.6) is 0 Å². The summed E-state index contributed by atoms with van der Waals surface area (Å²) >= 11 is 0. The van der Waals surface area contributed by atoms with Gasteiger partial charge in [-0.05, 0) is 37.1 Å². The van der Waals surface area contributed by atoms with E-state index in [0.717, 1.165) is 40.9 Å². The molecule has 1 unspecified atom stereocenters. The van der Waals surface area contributed by atoms with Crippen molar-refractivity contribution in [3.05, 3.63) is 58.6 Å². The third kappa shape index (κ3) is 2.39. The Labute approximate surface area is 147 Å². The molecule has 25 heavy (non-hydrogen) atoms. The van der Waals surface area contributed by atoms with E-state index in [2.05, 4.69) is 16.4 Å². The van der Waals surface area contributed by atoms with Gasteiger partial charge in [0, 0.05) is 43.3 Å². The van der Waals surface area contributed by atoms with Crippen molar-refractivity contribution < 1.29 is 4.79 Å². The van der Waals surface area contributed by atoms with Gasteiger partial charge in [0.25, 0.3) is 0 Å². The molecule has 1 aromatic carbocycles. The molecule has 2 heterocycles. The second-order valence-corrected chi connectivity index (χ2v) is 6.89. The lowest BCUT2D eigenvalue weighted by Gasteiger charge is -2.42. The number of hydrogen-bond acceptors (Lipinski definition) is 4. The number of rotatable bonds is 3. The Morgan fingerprint density at radius 3 is 2.60 bits per heavy atom. The van der Waals surface area contributed by atoms with Crippen molar-refractivity contribution in [2.75, 3.05) is 12.4 Å². The standard InChI is InChI=1S/C20H21N3O2/c1-12-10-14(11-22-20(12)21-3)16-6-7-17-18(24)8-9-23(25,15-4-5-15)19(17)13(16)2/h6-11,15H,4-5H2,1-3H3,(H,21,22). The van der Waals surface area contributed by atoms with Gasteiger partial charge in [0.1, 0.15) is 12.0 Å². The van der Waals surface area contributed by atoms with Crippen LogP contribution in [-0.4, -0.2) is 23.9 Å². The number of nitrogens with one attached hydrogen (secondary N) is 1. The van der Waals surface area contributed by atoms with Crippen molar-refractivity contribution in [1.82, 2.24) is 9.63 Å². The topological polar surface area (TPSA) is 65.1 Å². The molecule has 5 nitrogen and oxygen atoms in total. The van der Waals surface area contributed by atoms with Crippen molar-refractivity contribution in [2.24, 2.45) is 0 Å². The molecule has 0 bridgehead atoms. The summed E-state index contributed by atoms with van der Waals surface area (Å²) in [6.07, 6.45) is 6.57. The smallest absolute Gasteiger partial charge is 0.197 e. The number of anilines is 1. The van der Waals surface area contributed by atoms with E-state index >= 15 is 0 Å². The Morgan fingerprint density at radius 2 is 1.96 bits per heavy atom. The van der Waals surface area contributed by atoms with E-state index in [1.165, 1.54) is 12.3 Å². The molecule has 1 aliphatic heterocycles. The van der Waals surface area contributed by atoms with Crippen molar-refractivity contribution in [3.8, 4) is 11.1 Å². The number of hydroxylamine groups is 2. The van der Waals surface area contributed by atoms with Crippen LogP contribution in [0.2, 0.25) is 0 Å². The molecule has 0 spiro atoms. The zero-order chi connectivity index (χ0) is 17.8. The summed E-state index contributed by atoms with van der Waals surface area (Å²) in [5, 5.41) is 16.6. The van der Waals surface area contributed by atoms with Crippen LogP contribution in [0.3, 0.4) is 0 Å². The highest BCUT2D eigenvalue weighted by Gasteiger charge is 2.44. The molecular weight excluding hydrogens is 314 g/mol. The first-order chi connectivity index (χ1) is 12.0. The van der Waals surface area contributed by atoms with Gasteiger partial charge in [-0.1, -0.05) is 6.07 Å².